The van der Waals surface area contributed by atoms with Crippen LogP contribution in [0.1, 0.15) is 0 Å². The molecule has 5 N–H and O–H groups in total. The van der Waals surface area contributed by atoms with E-state index in [0.717, 1.165) is 24.3 Å². The highest BCUT2D eigenvalue weighted by Gasteiger charge is 2.12. The summed E-state index contributed by atoms with van der Waals surface area (Å²) in [5, 5.41) is 32.0. The van der Waals surface area contributed by atoms with Crippen LogP contribution in [0, 0.1) is 11.6 Å². The predicted octanol–water partition coefficient (Wildman–Crippen LogP) is 2.73. The molecule has 0 aromatic heterocycles. The Morgan fingerprint density at radius 3 is 2.14 bits per heavy atom. The second-order valence-electron chi connectivity index (χ2n) is 4.07. The summed E-state index contributed by atoms with van der Waals surface area (Å²) in [5.41, 5.74) is -0.288. The van der Waals surface area contributed by atoms with Crippen molar-refractivity contribution in [3.8, 4) is 17.2 Å². The van der Waals surface area contributed by atoms with Crippen LogP contribution in [0.2, 0.25) is 0 Å². The number of hydrogen-bond acceptors (Lipinski definition) is 4. The molecule has 0 radical (unpaired) electrons. The standard InChI is InChI=1S/C13H10F2N2O4/c14-6-1-2-9(8(15)3-6)17-13(21)16-7-4-10(18)12(20)11(19)5-7/h1-5,18-20H,(H2,16,17,21). The van der Waals surface area contributed by atoms with E-state index < -0.39 is 34.9 Å². The van der Waals surface area contributed by atoms with Crippen molar-refractivity contribution in [2.75, 3.05) is 10.6 Å². The van der Waals surface area contributed by atoms with E-state index in [4.69, 9.17) is 5.11 Å². The van der Waals surface area contributed by atoms with E-state index in [9.17, 15) is 23.8 Å². The Kier molecular flexibility index (Phi) is 3.79. The molecule has 6 nitrogen and oxygen atoms in total. The first-order valence-corrected chi connectivity index (χ1v) is 5.65. The van der Waals surface area contributed by atoms with Crippen molar-refractivity contribution in [1.29, 1.82) is 0 Å². The first-order chi connectivity index (χ1) is 9.86. The average molecular weight is 296 g/mol. The maximum atomic E-state index is 13.3. The molecule has 0 heterocycles. The fourth-order valence-corrected chi connectivity index (χ4v) is 1.55. The number of hydrogen-bond donors (Lipinski definition) is 5. The maximum Gasteiger partial charge on any atom is 0.323 e. The van der Waals surface area contributed by atoms with Gasteiger partial charge in [0.05, 0.1) is 11.4 Å². The first kappa shape index (κ1) is 14.4. The molecule has 2 rings (SSSR count). The fourth-order valence-electron chi connectivity index (χ4n) is 1.55. The summed E-state index contributed by atoms with van der Waals surface area (Å²) in [6, 6.07) is 3.69. The van der Waals surface area contributed by atoms with Gasteiger partial charge in [-0.1, -0.05) is 0 Å². The fraction of sp³-hybridized carbons (Fsp3) is 0. The molecule has 0 unspecified atom stereocenters. The van der Waals surface area contributed by atoms with Crippen molar-refractivity contribution in [1.82, 2.24) is 0 Å². The number of amides is 2. The summed E-state index contributed by atoms with van der Waals surface area (Å²) in [4.78, 5) is 11.6. The number of carbonyl (C=O) groups is 1. The lowest BCUT2D eigenvalue weighted by atomic mass is 10.2. The van der Waals surface area contributed by atoms with E-state index >= 15 is 0 Å². The van der Waals surface area contributed by atoms with Crippen LogP contribution in [-0.4, -0.2) is 21.4 Å². The number of nitrogens with one attached hydrogen (secondary N) is 2. The van der Waals surface area contributed by atoms with Gasteiger partial charge in [0, 0.05) is 18.2 Å². The molecule has 0 saturated heterocycles. The lowest BCUT2D eigenvalue weighted by Gasteiger charge is -2.10. The summed E-state index contributed by atoms with van der Waals surface area (Å²) < 4.78 is 26.0. The van der Waals surface area contributed by atoms with E-state index in [-0.39, 0.29) is 11.4 Å². The van der Waals surface area contributed by atoms with E-state index in [1.807, 2.05) is 0 Å². The molecule has 0 atom stereocenters. The minimum atomic E-state index is -0.957. The Hall–Kier alpha value is -3.03. The van der Waals surface area contributed by atoms with Crippen molar-refractivity contribution < 1.29 is 28.9 Å². The van der Waals surface area contributed by atoms with Gasteiger partial charge < -0.3 is 26.0 Å². The molecule has 21 heavy (non-hydrogen) atoms. The Morgan fingerprint density at radius 1 is 0.952 bits per heavy atom. The molecule has 0 aliphatic carbocycles. The number of halogens is 2. The number of carbonyl (C=O) groups excluding carboxylic acids is 1. The Labute approximate surface area is 117 Å². The number of aromatic hydroxyl groups is 3. The molecule has 2 aromatic carbocycles. The van der Waals surface area contributed by atoms with E-state index in [2.05, 4.69) is 10.6 Å². The van der Waals surface area contributed by atoms with E-state index in [1.165, 1.54) is 0 Å². The lowest BCUT2D eigenvalue weighted by Crippen LogP contribution is -2.20. The molecule has 0 aliphatic heterocycles. The van der Waals surface area contributed by atoms with Crippen molar-refractivity contribution >= 4 is 17.4 Å². The first-order valence-electron chi connectivity index (χ1n) is 5.65. The second kappa shape index (κ2) is 5.53. The average Bonchev–Trinajstić information content (AvgIpc) is 2.39. The number of urea groups is 1. The molecule has 110 valence electrons. The van der Waals surface area contributed by atoms with Crippen LogP contribution in [0.25, 0.3) is 0 Å². The van der Waals surface area contributed by atoms with Crippen molar-refractivity contribution in [2.45, 2.75) is 0 Å². The lowest BCUT2D eigenvalue weighted by molar-refractivity contribution is 0.262. The summed E-state index contributed by atoms with van der Waals surface area (Å²) in [5.74, 6) is -3.75. The molecule has 0 bridgehead atoms. The molecule has 0 spiro atoms. The monoisotopic (exact) mass is 296 g/mol. The highest BCUT2D eigenvalue weighted by atomic mass is 19.1. The number of benzene rings is 2. The van der Waals surface area contributed by atoms with Gasteiger partial charge in [0.1, 0.15) is 11.6 Å². The third-order valence-corrected chi connectivity index (χ3v) is 2.51. The number of rotatable bonds is 2. The van der Waals surface area contributed by atoms with Crippen LogP contribution >= 0.6 is 0 Å². The molecule has 0 aliphatic rings. The Morgan fingerprint density at radius 2 is 1.57 bits per heavy atom. The minimum absolute atomic E-state index is 0.0391. The largest absolute Gasteiger partial charge is 0.504 e. The van der Waals surface area contributed by atoms with Gasteiger partial charge in [-0.3, -0.25) is 0 Å². The van der Waals surface area contributed by atoms with Gasteiger partial charge in [0.15, 0.2) is 17.2 Å². The quantitative estimate of drug-likeness (QED) is 0.434. The number of phenolic OH excluding ortho intramolecular Hbond substituents is 3. The van der Waals surface area contributed by atoms with Crippen LogP contribution in [0.15, 0.2) is 30.3 Å². The third-order valence-electron chi connectivity index (χ3n) is 2.51. The third kappa shape index (κ3) is 3.30. The van der Waals surface area contributed by atoms with Crippen molar-refractivity contribution in [3.05, 3.63) is 42.0 Å². The van der Waals surface area contributed by atoms with Crippen LogP contribution in [0.5, 0.6) is 17.2 Å². The molecular weight excluding hydrogens is 286 g/mol. The van der Waals surface area contributed by atoms with Crippen molar-refractivity contribution in [2.24, 2.45) is 0 Å². The highest BCUT2D eigenvalue weighted by molar-refractivity contribution is 6.00. The summed E-state index contributed by atoms with van der Waals surface area (Å²) in [6.07, 6.45) is 0. The zero-order valence-corrected chi connectivity index (χ0v) is 10.4. The second-order valence-corrected chi connectivity index (χ2v) is 4.07. The highest BCUT2D eigenvalue weighted by Crippen LogP contribution is 2.37. The van der Waals surface area contributed by atoms with Crippen LogP contribution in [0.3, 0.4) is 0 Å². The van der Waals surface area contributed by atoms with Gasteiger partial charge in [0.2, 0.25) is 0 Å². The summed E-state index contributed by atoms with van der Waals surface area (Å²) >= 11 is 0. The number of anilines is 2. The van der Waals surface area contributed by atoms with Gasteiger partial charge >= 0.3 is 6.03 Å². The van der Waals surface area contributed by atoms with Gasteiger partial charge in [-0.25, -0.2) is 13.6 Å². The van der Waals surface area contributed by atoms with Crippen LogP contribution in [-0.2, 0) is 0 Å². The van der Waals surface area contributed by atoms with Gasteiger partial charge in [-0.05, 0) is 12.1 Å². The Balaban J connectivity index is 2.12. The Bertz CT molecular complexity index is 684. The van der Waals surface area contributed by atoms with Crippen LogP contribution in [0.4, 0.5) is 25.0 Å². The normalized spacial score (nSPS) is 10.2. The maximum absolute atomic E-state index is 13.3. The van der Waals surface area contributed by atoms with Gasteiger partial charge in [-0.15, -0.1) is 0 Å². The SMILES string of the molecule is O=C(Nc1cc(O)c(O)c(O)c1)Nc1ccc(F)cc1F. The zero-order valence-electron chi connectivity index (χ0n) is 10.4. The summed E-state index contributed by atoms with van der Waals surface area (Å²) in [6.45, 7) is 0. The topological polar surface area (TPSA) is 102 Å². The van der Waals surface area contributed by atoms with E-state index in [1.54, 1.807) is 0 Å². The van der Waals surface area contributed by atoms with Crippen molar-refractivity contribution in [3.63, 3.8) is 0 Å². The molecular formula is C13H10F2N2O4. The predicted molar refractivity (Wildman–Crippen MR) is 70.4 cm³/mol. The van der Waals surface area contributed by atoms with Gasteiger partial charge in [0.25, 0.3) is 0 Å². The molecule has 2 amide bonds. The minimum Gasteiger partial charge on any atom is -0.504 e. The molecule has 2 aromatic rings. The van der Waals surface area contributed by atoms with Gasteiger partial charge in [-0.2, -0.15) is 0 Å². The zero-order chi connectivity index (χ0) is 15.6. The molecule has 0 saturated carbocycles. The molecule has 8 heteroatoms. The molecule has 0 fully saturated rings. The summed E-state index contributed by atoms with van der Waals surface area (Å²) in [7, 11) is 0. The smallest absolute Gasteiger partial charge is 0.323 e. The number of phenols is 3. The van der Waals surface area contributed by atoms with E-state index in [0.29, 0.717) is 6.07 Å². The van der Waals surface area contributed by atoms with Crippen LogP contribution < -0.4 is 10.6 Å².